The number of rotatable bonds is 7. The number of esters is 1. The minimum atomic E-state index is -0.336. The average molecular weight is 487 g/mol. The van der Waals surface area contributed by atoms with Crippen molar-refractivity contribution in [2.75, 3.05) is 13.2 Å². The van der Waals surface area contributed by atoms with Gasteiger partial charge >= 0.3 is 5.97 Å². The quantitative estimate of drug-likeness (QED) is 0.403. The second-order valence-electron chi connectivity index (χ2n) is 4.73. The van der Waals surface area contributed by atoms with Crippen LogP contribution in [-0.4, -0.2) is 19.2 Å². The summed E-state index contributed by atoms with van der Waals surface area (Å²) in [5.74, 6) is -0.336. The van der Waals surface area contributed by atoms with Crippen LogP contribution >= 0.6 is 38.5 Å². The first-order chi connectivity index (χ1) is 11.2. The Hall–Kier alpha value is -1.18. The Bertz CT molecular complexity index is 656. The van der Waals surface area contributed by atoms with Crippen LogP contribution in [0.1, 0.15) is 15.9 Å². The van der Waals surface area contributed by atoms with Crippen LogP contribution in [0.4, 0.5) is 0 Å². The molecule has 0 atom stereocenters. The fourth-order valence-electron chi connectivity index (χ4n) is 1.78. The van der Waals surface area contributed by atoms with Gasteiger partial charge in [0.15, 0.2) is 0 Å². The van der Waals surface area contributed by atoms with Crippen LogP contribution in [-0.2, 0) is 16.1 Å². The highest BCUT2D eigenvalue weighted by Gasteiger charge is 2.08. The number of hydrogen-bond acceptors (Lipinski definition) is 3. The van der Waals surface area contributed by atoms with Crippen molar-refractivity contribution < 1.29 is 14.3 Å². The van der Waals surface area contributed by atoms with Crippen molar-refractivity contribution in [1.82, 2.24) is 0 Å². The third-order valence-electron chi connectivity index (χ3n) is 2.97. The fraction of sp³-hybridized carbons (Fsp3) is 0.167. The highest BCUT2D eigenvalue weighted by atomic mass is 127. The molecule has 3 nitrogen and oxygen atoms in total. The Kier molecular flexibility index (Phi) is 7.78. The van der Waals surface area contributed by atoms with E-state index in [1.807, 2.05) is 48.5 Å². The Morgan fingerprint density at radius 1 is 0.957 bits per heavy atom. The van der Waals surface area contributed by atoms with Crippen molar-refractivity contribution in [3.63, 3.8) is 0 Å². The van der Waals surface area contributed by atoms with Crippen LogP contribution in [0.25, 0.3) is 0 Å². The molecule has 0 unspecified atom stereocenters. The average Bonchev–Trinajstić information content (AvgIpc) is 2.61. The predicted molar refractivity (Wildman–Crippen MR) is 103 cm³/mol. The van der Waals surface area contributed by atoms with E-state index in [1.165, 1.54) is 0 Å². The van der Waals surface area contributed by atoms with Gasteiger partial charge in [-0.15, -0.1) is 0 Å². The molecular weight excluding hydrogens is 471 g/mol. The summed E-state index contributed by atoms with van der Waals surface area (Å²) in [7, 11) is 0. The van der Waals surface area contributed by atoms with E-state index in [0.29, 0.717) is 18.8 Å². The van der Waals surface area contributed by atoms with Crippen LogP contribution < -0.4 is 0 Å². The van der Waals surface area contributed by atoms with Gasteiger partial charge in [0.25, 0.3) is 0 Å². The van der Waals surface area contributed by atoms with Gasteiger partial charge in [-0.3, -0.25) is 0 Å². The largest absolute Gasteiger partial charge is 0.457 e. The van der Waals surface area contributed by atoms with E-state index >= 15 is 0 Å². The number of benzene rings is 2. The Morgan fingerprint density at radius 2 is 1.57 bits per heavy atom. The van der Waals surface area contributed by atoms with E-state index in [2.05, 4.69) is 38.5 Å². The highest BCUT2D eigenvalue weighted by molar-refractivity contribution is 14.1. The van der Waals surface area contributed by atoms with Crippen LogP contribution in [0.5, 0.6) is 0 Å². The van der Waals surface area contributed by atoms with Crippen LogP contribution in [0, 0.1) is 0 Å². The van der Waals surface area contributed by atoms with E-state index in [4.69, 9.17) is 9.47 Å². The van der Waals surface area contributed by atoms with E-state index in [9.17, 15) is 4.79 Å². The lowest BCUT2D eigenvalue weighted by molar-refractivity contribution is 0.0546. The second kappa shape index (κ2) is 9.85. The van der Waals surface area contributed by atoms with Crippen molar-refractivity contribution in [1.29, 1.82) is 0 Å². The van der Waals surface area contributed by atoms with E-state index in [-0.39, 0.29) is 12.6 Å². The van der Waals surface area contributed by atoms with Gasteiger partial charge in [0.05, 0.1) is 18.8 Å². The number of carbonyl (C=O) groups excluding carboxylic acids is 1. The van der Waals surface area contributed by atoms with E-state index in [0.717, 1.165) is 13.6 Å². The molecule has 0 radical (unpaired) electrons. The molecule has 120 valence electrons. The maximum atomic E-state index is 11.9. The fourth-order valence-corrected chi connectivity index (χ4v) is 2.38. The summed E-state index contributed by atoms with van der Waals surface area (Å²) in [5.41, 5.74) is 1.67. The molecule has 2 aromatic carbocycles. The molecule has 5 heteroatoms. The van der Waals surface area contributed by atoms with Crippen molar-refractivity contribution in [3.8, 4) is 0 Å². The normalized spacial score (nSPS) is 11.7. The molecule has 0 fully saturated rings. The number of hydrogen-bond donors (Lipinski definition) is 0. The minimum absolute atomic E-state index is 0.195. The maximum Gasteiger partial charge on any atom is 0.338 e. The van der Waals surface area contributed by atoms with Gasteiger partial charge in [-0.2, -0.15) is 0 Å². The van der Waals surface area contributed by atoms with Gasteiger partial charge in [0.2, 0.25) is 0 Å². The molecule has 2 aromatic rings. The number of carbonyl (C=O) groups is 1. The molecular formula is C18H16BrIO3. The highest BCUT2D eigenvalue weighted by Crippen LogP contribution is 2.20. The zero-order chi connectivity index (χ0) is 16.5. The molecule has 0 amide bonds. The summed E-state index contributed by atoms with van der Waals surface area (Å²) < 4.78 is 12.7. The van der Waals surface area contributed by atoms with Crippen LogP contribution in [0.2, 0.25) is 0 Å². The first-order valence-corrected chi connectivity index (χ1v) is 8.91. The first kappa shape index (κ1) is 18.2. The lowest BCUT2D eigenvalue weighted by Crippen LogP contribution is -2.07. The first-order valence-electron chi connectivity index (χ1n) is 7.03. The van der Waals surface area contributed by atoms with Crippen molar-refractivity contribution >= 4 is 44.5 Å². The topological polar surface area (TPSA) is 35.5 Å². The third kappa shape index (κ3) is 6.45. The molecule has 0 aliphatic carbocycles. The van der Waals surface area contributed by atoms with Gasteiger partial charge < -0.3 is 9.47 Å². The Balaban J connectivity index is 1.77. The van der Waals surface area contributed by atoms with E-state index < -0.39 is 0 Å². The summed E-state index contributed by atoms with van der Waals surface area (Å²) in [5, 5.41) is 0. The van der Waals surface area contributed by atoms with E-state index in [1.54, 1.807) is 12.1 Å². The van der Waals surface area contributed by atoms with Gasteiger partial charge in [-0.1, -0.05) is 64.5 Å². The third-order valence-corrected chi connectivity index (χ3v) is 5.39. The van der Waals surface area contributed by atoms with Crippen molar-refractivity contribution in [2.24, 2.45) is 0 Å². The van der Waals surface area contributed by atoms with Crippen LogP contribution in [0.3, 0.4) is 0 Å². The Labute approximate surface area is 158 Å². The SMILES string of the molecule is O=C(OC/C(Br)=C(\I)COCc1ccccc1)c1ccccc1. The zero-order valence-electron chi connectivity index (χ0n) is 12.4. The second-order valence-corrected chi connectivity index (χ2v) is 6.99. The summed E-state index contributed by atoms with van der Waals surface area (Å²) in [6, 6.07) is 18.9. The molecule has 0 aliphatic rings. The van der Waals surface area contributed by atoms with Gasteiger partial charge in [0, 0.05) is 8.06 Å². The van der Waals surface area contributed by atoms with Gasteiger partial charge in [0.1, 0.15) is 6.61 Å². The Morgan fingerprint density at radius 3 is 2.22 bits per heavy atom. The molecule has 0 saturated carbocycles. The zero-order valence-corrected chi connectivity index (χ0v) is 16.1. The summed E-state index contributed by atoms with van der Waals surface area (Å²) in [6.07, 6.45) is 0. The minimum Gasteiger partial charge on any atom is -0.457 e. The van der Waals surface area contributed by atoms with Crippen molar-refractivity contribution in [3.05, 3.63) is 79.9 Å². The van der Waals surface area contributed by atoms with Gasteiger partial charge in [-0.05, 0) is 40.3 Å². The predicted octanol–water partition coefficient (Wildman–Crippen LogP) is 5.10. The number of ether oxygens (including phenoxy) is 2. The lowest BCUT2D eigenvalue weighted by Gasteiger charge is -2.08. The monoisotopic (exact) mass is 486 g/mol. The molecule has 0 heterocycles. The molecule has 0 spiro atoms. The molecule has 0 saturated heterocycles. The maximum absolute atomic E-state index is 11.9. The molecule has 0 bridgehead atoms. The van der Waals surface area contributed by atoms with Crippen molar-refractivity contribution in [2.45, 2.75) is 6.61 Å². The standard InChI is InChI=1S/C18H16BrIO3/c19-16(12-23-18(21)15-9-5-2-6-10-15)17(20)13-22-11-14-7-3-1-4-8-14/h1-10H,11-13H2/b17-16+. The smallest absolute Gasteiger partial charge is 0.338 e. The summed E-state index contributed by atoms with van der Waals surface area (Å²) >= 11 is 5.63. The summed E-state index contributed by atoms with van der Waals surface area (Å²) in [4.78, 5) is 11.9. The molecule has 0 aromatic heterocycles. The van der Waals surface area contributed by atoms with Gasteiger partial charge in [-0.25, -0.2) is 4.79 Å². The summed E-state index contributed by atoms with van der Waals surface area (Å²) in [6.45, 7) is 1.22. The number of halogens is 2. The lowest BCUT2D eigenvalue weighted by atomic mass is 10.2. The molecule has 0 N–H and O–H groups in total. The molecule has 0 aliphatic heterocycles. The molecule has 23 heavy (non-hydrogen) atoms. The van der Waals surface area contributed by atoms with Crippen LogP contribution in [0.15, 0.2) is 68.7 Å². The molecule has 2 rings (SSSR count).